The van der Waals surface area contributed by atoms with E-state index in [2.05, 4.69) is 49.5 Å². The number of nitrogens with one attached hydrogen (secondary N) is 1. The number of fused-ring (bicyclic) bond motifs is 1. The zero-order chi connectivity index (χ0) is 13.9. The van der Waals surface area contributed by atoms with Gasteiger partial charge in [-0.2, -0.15) is 0 Å². The van der Waals surface area contributed by atoms with Crippen molar-refractivity contribution in [3.05, 3.63) is 59.7 Å². The van der Waals surface area contributed by atoms with Crippen LogP contribution in [0.2, 0.25) is 0 Å². The molecule has 0 saturated heterocycles. The van der Waals surface area contributed by atoms with E-state index in [0.29, 0.717) is 0 Å². The highest BCUT2D eigenvalue weighted by Gasteiger charge is 2.09. The lowest BCUT2D eigenvalue weighted by molar-refractivity contribution is 0.630. The molecule has 1 N–H and O–H groups in total. The van der Waals surface area contributed by atoms with Crippen molar-refractivity contribution in [1.82, 2.24) is 5.32 Å². The first-order valence-corrected chi connectivity index (χ1v) is 7.07. The molecule has 2 heteroatoms. The van der Waals surface area contributed by atoms with E-state index in [1.54, 1.807) is 0 Å². The van der Waals surface area contributed by atoms with Gasteiger partial charge in [0.15, 0.2) is 0 Å². The van der Waals surface area contributed by atoms with Crippen LogP contribution >= 0.6 is 0 Å². The molecule has 0 bridgehead atoms. The van der Waals surface area contributed by atoms with Crippen molar-refractivity contribution in [1.29, 1.82) is 0 Å². The second-order valence-electron chi connectivity index (χ2n) is 5.08. The highest BCUT2D eigenvalue weighted by atomic mass is 16.3. The molecule has 0 spiro atoms. The molecule has 20 heavy (non-hydrogen) atoms. The van der Waals surface area contributed by atoms with Crippen LogP contribution in [0, 0.1) is 6.92 Å². The number of furan rings is 1. The predicted octanol–water partition coefficient (Wildman–Crippen LogP) is 4.52. The Kier molecular flexibility index (Phi) is 3.57. The van der Waals surface area contributed by atoms with Gasteiger partial charge in [0.1, 0.15) is 11.3 Å². The number of benzene rings is 2. The van der Waals surface area contributed by atoms with Crippen LogP contribution < -0.4 is 5.32 Å². The first-order valence-electron chi connectivity index (χ1n) is 7.07. The van der Waals surface area contributed by atoms with Gasteiger partial charge in [0.05, 0.1) is 0 Å². The summed E-state index contributed by atoms with van der Waals surface area (Å²) in [6.07, 6.45) is 0. The minimum Gasteiger partial charge on any atom is -0.456 e. The molecule has 0 unspecified atom stereocenters. The van der Waals surface area contributed by atoms with Crippen LogP contribution in [-0.2, 0) is 6.54 Å². The first-order chi connectivity index (χ1) is 9.78. The Bertz CT molecular complexity index is 694. The summed E-state index contributed by atoms with van der Waals surface area (Å²) in [5.41, 5.74) is 4.65. The van der Waals surface area contributed by atoms with Crippen molar-refractivity contribution in [2.75, 3.05) is 6.54 Å². The smallest absolute Gasteiger partial charge is 0.135 e. The Morgan fingerprint density at radius 3 is 2.70 bits per heavy atom. The average Bonchev–Trinajstić information content (AvgIpc) is 2.90. The molecule has 0 aliphatic rings. The van der Waals surface area contributed by atoms with E-state index in [1.165, 1.54) is 16.7 Å². The molecule has 1 aromatic heterocycles. The molecule has 0 aliphatic carbocycles. The van der Waals surface area contributed by atoms with Gasteiger partial charge < -0.3 is 9.73 Å². The molecular formula is C18H19NO. The first kappa shape index (κ1) is 12.9. The Balaban J connectivity index is 2.03. The summed E-state index contributed by atoms with van der Waals surface area (Å²) in [5, 5.41) is 4.51. The zero-order valence-electron chi connectivity index (χ0n) is 11.9. The summed E-state index contributed by atoms with van der Waals surface area (Å²) in [6.45, 7) is 6.12. The lowest BCUT2D eigenvalue weighted by Gasteiger charge is -2.07. The van der Waals surface area contributed by atoms with Crippen LogP contribution in [0.3, 0.4) is 0 Å². The van der Waals surface area contributed by atoms with Gasteiger partial charge in [-0.3, -0.25) is 0 Å². The molecule has 2 aromatic carbocycles. The largest absolute Gasteiger partial charge is 0.456 e. The number of aryl methyl sites for hydroxylation is 1. The highest BCUT2D eigenvalue weighted by Crippen LogP contribution is 2.30. The Labute approximate surface area is 119 Å². The van der Waals surface area contributed by atoms with E-state index < -0.39 is 0 Å². The third-order valence-electron chi connectivity index (χ3n) is 3.57. The summed E-state index contributed by atoms with van der Waals surface area (Å²) in [6, 6.07) is 16.8. The molecule has 1 heterocycles. The van der Waals surface area contributed by atoms with Crippen LogP contribution in [0.4, 0.5) is 0 Å². The molecule has 0 atom stereocenters. The monoisotopic (exact) mass is 265 g/mol. The molecule has 0 fully saturated rings. The summed E-state index contributed by atoms with van der Waals surface area (Å²) >= 11 is 0. The van der Waals surface area contributed by atoms with Crippen molar-refractivity contribution in [3.8, 4) is 11.3 Å². The second kappa shape index (κ2) is 5.51. The third-order valence-corrected chi connectivity index (χ3v) is 3.57. The fraction of sp³-hybridized carbons (Fsp3) is 0.222. The van der Waals surface area contributed by atoms with E-state index in [4.69, 9.17) is 4.42 Å². The lowest BCUT2D eigenvalue weighted by Crippen LogP contribution is -2.11. The quantitative estimate of drug-likeness (QED) is 0.750. The van der Waals surface area contributed by atoms with Gasteiger partial charge in [0.25, 0.3) is 0 Å². The minimum atomic E-state index is 0.893. The SMILES string of the molecule is CCNCc1ccc(C)c(-c2cc3ccccc3o2)c1. The van der Waals surface area contributed by atoms with Crippen LogP contribution in [-0.4, -0.2) is 6.54 Å². The van der Waals surface area contributed by atoms with Crippen LogP contribution in [0.15, 0.2) is 52.9 Å². The van der Waals surface area contributed by atoms with Crippen molar-refractivity contribution in [2.45, 2.75) is 20.4 Å². The Hall–Kier alpha value is -2.06. The molecular weight excluding hydrogens is 246 g/mol. The van der Waals surface area contributed by atoms with Crippen LogP contribution in [0.5, 0.6) is 0 Å². The van der Waals surface area contributed by atoms with Crippen molar-refractivity contribution in [2.24, 2.45) is 0 Å². The van der Waals surface area contributed by atoms with Gasteiger partial charge in [-0.25, -0.2) is 0 Å². The molecule has 0 radical (unpaired) electrons. The average molecular weight is 265 g/mol. The van der Waals surface area contributed by atoms with Crippen LogP contribution in [0.25, 0.3) is 22.3 Å². The minimum absolute atomic E-state index is 0.893. The fourth-order valence-electron chi connectivity index (χ4n) is 2.43. The maximum absolute atomic E-state index is 5.97. The van der Waals surface area contributed by atoms with E-state index >= 15 is 0 Å². The fourth-order valence-corrected chi connectivity index (χ4v) is 2.43. The predicted molar refractivity (Wildman–Crippen MR) is 83.8 cm³/mol. The van der Waals surface area contributed by atoms with Crippen LogP contribution in [0.1, 0.15) is 18.1 Å². The summed E-state index contributed by atoms with van der Waals surface area (Å²) < 4.78 is 5.97. The Morgan fingerprint density at radius 1 is 1.05 bits per heavy atom. The lowest BCUT2D eigenvalue weighted by atomic mass is 10.0. The summed E-state index contributed by atoms with van der Waals surface area (Å²) in [7, 11) is 0. The second-order valence-corrected chi connectivity index (χ2v) is 5.08. The maximum atomic E-state index is 5.97. The van der Waals surface area contributed by atoms with Gasteiger partial charge in [-0.05, 0) is 42.8 Å². The molecule has 0 saturated carbocycles. The Morgan fingerprint density at radius 2 is 1.90 bits per heavy atom. The number of hydrogen-bond donors (Lipinski definition) is 1. The molecule has 102 valence electrons. The van der Waals surface area contributed by atoms with Crippen molar-refractivity contribution >= 4 is 11.0 Å². The molecule has 0 aliphatic heterocycles. The van der Waals surface area contributed by atoms with Crippen molar-refractivity contribution in [3.63, 3.8) is 0 Å². The topological polar surface area (TPSA) is 25.2 Å². The van der Waals surface area contributed by atoms with Gasteiger partial charge >= 0.3 is 0 Å². The normalized spacial score (nSPS) is 11.1. The molecule has 0 amide bonds. The van der Waals surface area contributed by atoms with E-state index in [1.807, 2.05) is 18.2 Å². The van der Waals surface area contributed by atoms with E-state index in [9.17, 15) is 0 Å². The highest BCUT2D eigenvalue weighted by molar-refractivity contribution is 5.83. The van der Waals surface area contributed by atoms with Gasteiger partial charge in [0.2, 0.25) is 0 Å². The molecule has 2 nitrogen and oxygen atoms in total. The van der Waals surface area contributed by atoms with Gasteiger partial charge in [-0.15, -0.1) is 0 Å². The zero-order valence-corrected chi connectivity index (χ0v) is 11.9. The number of para-hydroxylation sites is 1. The maximum Gasteiger partial charge on any atom is 0.135 e. The van der Waals surface area contributed by atoms with Gasteiger partial charge in [0, 0.05) is 17.5 Å². The van der Waals surface area contributed by atoms with Gasteiger partial charge in [-0.1, -0.05) is 37.3 Å². The number of rotatable bonds is 4. The third kappa shape index (κ3) is 2.47. The van der Waals surface area contributed by atoms with E-state index in [-0.39, 0.29) is 0 Å². The number of hydrogen-bond acceptors (Lipinski definition) is 2. The summed E-state index contributed by atoms with van der Waals surface area (Å²) in [5.74, 6) is 0.946. The molecule has 3 rings (SSSR count). The summed E-state index contributed by atoms with van der Waals surface area (Å²) in [4.78, 5) is 0. The van der Waals surface area contributed by atoms with E-state index in [0.717, 1.165) is 29.8 Å². The van der Waals surface area contributed by atoms with Crippen molar-refractivity contribution < 1.29 is 4.42 Å². The molecule has 3 aromatic rings. The standard InChI is InChI=1S/C18H19NO/c1-3-19-12-14-9-8-13(2)16(10-14)18-11-15-6-4-5-7-17(15)20-18/h4-11,19H,3,12H2,1-2H3.